The lowest BCUT2D eigenvalue weighted by atomic mass is 10.2. The van der Waals surface area contributed by atoms with Crippen molar-refractivity contribution in [3.63, 3.8) is 0 Å². The van der Waals surface area contributed by atoms with E-state index in [2.05, 4.69) is 28.8 Å². The van der Waals surface area contributed by atoms with Gasteiger partial charge in [-0.15, -0.1) is 0 Å². The topological polar surface area (TPSA) is 37.0 Å². The molecule has 0 spiro atoms. The first kappa shape index (κ1) is 14.2. The number of hydrogen-bond donors (Lipinski definition) is 2. The van der Waals surface area contributed by atoms with Crippen LogP contribution in [0.25, 0.3) is 0 Å². The van der Waals surface area contributed by atoms with Gasteiger partial charge in [0.25, 0.3) is 0 Å². The van der Waals surface area contributed by atoms with Crippen molar-refractivity contribution in [2.45, 2.75) is 26.2 Å². The Labute approximate surface area is 109 Å². The van der Waals surface area contributed by atoms with E-state index in [1.54, 1.807) is 0 Å². The first-order chi connectivity index (χ1) is 8.36. The van der Waals surface area contributed by atoms with Gasteiger partial charge in [0.05, 0.1) is 0 Å². The Kier molecular flexibility index (Phi) is 7.63. The average Bonchev–Trinajstić information content (AvgIpc) is 2.35. The van der Waals surface area contributed by atoms with Gasteiger partial charge in [0.15, 0.2) is 0 Å². The molecule has 0 atom stereocenters. The molecule has 0 aliphatic rings. The zero-order chi connectivity index (χ0) is 12.3. The maximum absolute atomic E-state index is 4.47. The van der Waals surface area contributed by atoms with E-state index in [0.717, 1.165) is 24.7 Å². The number of thioether (sulfide) groups is 1. The molecule has 2 N–H and O–H groups in total. The molecule has 1 aromatic rings. The molecule has 0 unspecified atom stereocenters. The van der Waals surface area contributed by atoms with E-state index in [9.17, 15) is 0 Å². The number of nitrogens with one attached hydrogen (secondary N) is 2. The average molecular weight is 253 g/mol. The highest BCUT2D eigenvalue weighted by Gasteiger charge is 1.95. The summed E-state index contributed by atoms with van der Waals surface area (Å²) >= 11 is 1.92. The summed E-state index contributed by atoms with van der Waals surface area (Å²) in [6.45, 7) is 4.00. The lowest BCUT2D eigenvalue weighted by molar-refractivity contribution is 0.748. The zero-order valence-electron chi connectivity index (χ0n) is 10.8. The molecule has 0 radical (unpaired) electrons. The van der Waals surface area contributed by atoms with Crippen molar-refractivity contribution in [3.8, 4) is 0 Å². The van der Waals surface area contributed by atoms with E-state index in [1.807, 2.05) is 30.0 Å². The van der Waals surface area contributed by atoms with Gasteiger partial charge in [-0.1, -0.05) is 12.5 Å². The van der Waals surface area contributed by atoms with Gasteiger partial charge in [-0.3, -0.25) is 0 Å². The van der Waals surface area contributed by atoms with Gasteiger partial charge >= 0.3 is 0 Å². The Balaban J connectivity index is 2.19. The highest BCUT2D eigenvalue weighted by atomic mass is 32.2. The summed E-state index contributed by atoms with van der Waals surface area (Å²) in [5.74, 6) is 3.18. The molecule has 0 saturated carbocycles. The van der Waals surface area contributed by atoms with Crippen molar-refractivity contribution in [2.24, 2.45) is 0 Å². The first-order valence-corrected chi connectivity index (χ1v) is 7.70. The fourth-order valence-corrected chi connectivity index (χ4v) is 2.07. The van der Waals surface area contributed by atoms with Gasteiger partial charge in [-0.25, -0.2) is 4.98 Å². The summed E-state index contributed by atoms with van der Waals surface area (Å²) in [7, 11) is 0. The second-order valence-electron chi connectivity index (χ2n) is 3.92. The van der Waals surface area contributed by atoms with E-state index < -0.39 is 0 Å². The number of rotatable bonds is 9. The Bertz CT molecular complexity index is 304. The second-order valence-corrected chi connectivity index (χ2v) is 4.90. The first-order valence-electron chi connectivity index (χ1n) is 6.30. The molecular weight excluding hydrogens is 230 g/mol. The third kappa shape index (κ3) is 6.41. The number of aromatic nitrogens is 1. The number of hydrogen-bond acceptors (Lipinski definition) is 4. The summed E-state index contributed by atoms with van der Waals surface area (Å²) < 4.78 is 0. The van der Waals surface area contributed by atoms with Gasteiger partial charge < -0.3 is 10.6 Å². The van der Waals surface area contributed by atoms with E-state index in [0.29, 0.717) is 0 Å². The van der Waals surface area contributed by atoms with E-state index in [1.165, 1.54) is 25.0 Å². The third-order valence-corrected chi connectivity index (χ3v) is 3.14. The van der Waals surface area contributed by atoms with Crippen molar-refractivity contribution >= 4 is 23.4 Å². The molecule has 17 heavy (non-hydrogen) atoms. The SMILES string of the molecule is CCNc1cccc(NCCCCCSC)n1. The summed E-state index contributed by atoms with van der Waals surface area (Å²) in [5.41, 5.74) is 0. The lowest BCUT2D eigenvalue weighted by Gasteiger charge is -2.07. The second kappa shape index (κ2) is 9.16. The van der Waals surface area contributed by atoms with Gasteiger partial charge in [0.1, 0.15) is 11.6 Å². The summed E-state index contributed by atoms with van der Waals surface area (Å²) in [5, 5.41) is 6.57. The highest BCUT2D eigenvalue weighted by Crippen LogP contribution is 2.09. The lowest BCUT2D eigenvalue weighted by Crippen LogP contribution is -2.05. The van der Waals surface area contributed by atoms with Crippen LogP contribution in [0.4, 0.5) is 11.6 Å². The van der Waals surface area contributed by atoms with Crippen LogP contribution in [0.5, 0.6) is 0 Å². The van der Waals surface area contributed by atoms with E-state index in [-0.39, 0.29) is 0 Å². The van der Waals surface area contributed by atoms with Crippen LogP contribution in [0.15, 0.2) is 18.2 Å². The number of nitrogens with zero attached hydrogens (tertiary/aromatic N) is 1. The molecule has 1 aromatic heterocycles. The molecule has 0 fully saturated rings. The fourth-order valence-electron chi connectivity index (χ4n) is 1.58. The van der Waals surface area contributed by atoms with Crippen molar-refractivity contribution in [1.29, 1.82) is 0 Å². The molecule has 0 aliphatic carbocycles. The minimum atomic E-state index is 0.908. The minimum Gasteiger partial charge on any atom is -0.370 e. The monoisotopic (exact) mass is 253 g/mol. The van der Waals surface area contributed by atoms with Gasteiger partial charge in [0.2, 0.25) is 0 Å². The molecule has 0 bridgehead atoms. The number of pyridine rings is 1. The summed E-state index contributed by atoms with van der Waals surface area (Å²) in [6, 6.07) is 6.04. The van der Waals surface area contributed by atoms with E-state index in [4.69, 9.17) is 0 Å². The molecule has 0 amide bonds. The van der Waals surface area contributed by atoms with Crippen LogP contribution in [0.3, 0.4) is 0 Å². The Hall–Kier alpha value is -0.900. The smallest absolute Gasteiger partial charge is 0.128 e. The van der Waals surface area contributed by atoms with E-state index >= 15 is 0 Å². The van der Waals surface area contributed by atoms with Crippen LogP contribution >= 0.6 is 11.8 Å². The van der Waals surface area contributed by atoms with Crippen molar-refractivity contribution in [1.82, 2.24) is 4.98 Å². The molecule has 1 rings (SSSR count). The fraction of sp³-hybridized carbons (Fsp3) is 0.615. The van der Waals surface area contributed by atoms with Crippen molar-refractivity contribution in [2.75, 3.05) is 35.7 Å². The standard InChI is InChI=1S/C13H23N3S/c1-3-14-12-8-7-9-13(16-12)15-10-5-4-6-11-17-2/h7-9H,3-6,10-11H2,1-2H3,(H2,14,15,16). The van der Waals surface area contributed by atoms with Gasteiger partial charge in [-0.05, 0) is 43.9 Å². The summed E-state index contributed by atoms with van der Waals surface area (Å²) in [4.78, 5) is 4.47. The molecule has 1 heterocycles. The molecule has 3 nitrogen and oxygen atoms in total. The molecule has 0 saturated heterocycles. The Morgan fingerprint density at radius 3 is 2.59 bits per heavy atom. The summed E-state index contributed by atoms with van der Waals surface area (Å²) in [6.07, 6.45) is 5.98. The Morgan fingerprint density at radius 1 is 1.12 bits per heavy atom. The number of anilines is 2. The number of unbranched alkanes of at least 4 members (excludes halogenated alkanes) is 2. The maximum atomic E-state index is 4.47. The Morgan fingerprint density at radius 2 is 1.88 bits per heavy atom. The predicted molar refractivity (Wildman–Crippen MR) is 79.1 cm³/mol. The van der Waals surface area contributed by atoms with Crippen molar-refractivity contribution in [3.05, 3.63) is 18.2 Å². The minimum absolute atomic E-state index is 0.908. The van der Waals surface area contributed by atoms with Crippen molar-refractivity contribution < 1.29 is 0 Å². The van der Waals surface area contributed by atoms with Gasteiger partial charge in [0, 0.05) is 13.1 Å². The molecule has 0 aromatic carbocycles. The molecule has 0 aliphatic heterocycles. The van der Waals surface area contributed by atoms with Crippen LogP contribution in [-0.4, -0.2) is 30.1 Å². The maximum Gasteiger partial charge on any atom is 0.128 e. The largest absolute Gasteiger partial charge is 0.370 e. The zero-order valence-corrected chi connectivity index (χ0v) is 11.6. The molecular formula is C13H23N3S. The molecule has 4 heteroatoms. The van der Waals surface area contributed by atoms with Crippen LogP contribution in [0.1, 0.15) is 26.2 Å². The van der Waals surface area contributed by atoms with Crippen LogP contribution < -0.4 is 10.6 Å². The van der Waals surface area contributed by atoms with Gasteiger partial charge in [-0.2, -0.15) is 11.8 Å². The normalized spacial score (nSPS) is 10.2. The molecule has 96 valence electrons. The predicted octanol–water partition coefficient (Wildman–Crippen LogP) is 3.46. The van der Waals surface area contributed by atoms with Crippen LogP contribution in [0.2, 0.25) is 0 Å². The van der Waals surface area contributed by atoms with Crippen LogP contribution in [0, 0.1) is 0 Å². The van der Waals surface area contributed by atoms with Crippen LogP contribution in [-0.2, 0) is 0 Å². The highest BCUT2D eigenvalue weighted by molar-refractivity contribution is 7.98. The quantitative estimate of drug-likeness (QED) is 0.661. The third-order valence-electron chi connectivity index (χ3n) is 2.44.